The van der Waals surface area contributed by atoms with Crippen LogP contribution in [-0.4, -0.2) is 29.9 Å². The zero-order chi connectivity index (χ0) is 10.6. The molecule has 1 atom stereocenters. The highest BCUT2D eigenvalue weighted by Crippen LogP contribution is 2.16. The summed E-state index contributed by atoms with van der Waals surface area (Å²) in [6, 6.07) is -0.256. The highest BCUT2D eigenvalue weighted by Gasteiger charge is 2.29. The first-order valence-corrected chi connectivity index (χ1v) is 5.69. The van der Waals surface area contributed by atoms with Crippen molar-refractivity contribution < 1.29 is 4.79 Å². The van der Waals surface area contributed by atoms with Gasteiger partial charge < -0.3 is 10.6 Å². The molecule has 2 N–H and O–H groups in total. The van der Waals surface area contributed by atoms with Crippen molar-refractivity contribution in [3.8, 4) is 0 Å². The number of nitrogens with zero attached hydrogens (tertiary/aromatic N) is 1. The van der Waals surface area contributed by atoms with Gasteiger partial charge in [0.15, 0.2) is 0 Å². The fraction of sp³-hybridized carbons (Fsp3) is 0.909. The molecule has 0 aromatic carbocycles. The second-order valence-corrected chi connectivity index (χ2v) is 4.45. The van der Waals surface area contributed by atoms with E-state index in [0.717, 1.165) is 25.9 Å². The summed E-state index contributed by atoms with van der Waals surface area (Å²) in [7, 11) is 0. The molecule has 3 heteroatoms. The quantitative estimate of drug-likeness (QED) is 0.678. The van der Waals surface area contributed by atoms with Crippen LogP contribution in [-0.2, 0) is 4.79 Å². The Kier molecular flexibility index (Phi) is 4.39. The molecule has 1 saturated heterocycles. The van der Waals surface area contributed by atoms with Gasteiger partial charge in [-0.25, -0.2) is 0 Å². The van der Waals surface area contributed by atoms with E-state index >= 15 is 0 Å². The minimum absolute atomic E-state index is 0.152. The molecular formula is C11H22N2O. The van der Waals surface area contributed by atoms with Gasteiger partial charge in [-0.1, -0.05) is 33.1 Å². The molecule has 0 aromatic rings. The summed E-state index contributed by atoms with van der Waals surface area (Å²) in [5.74, 6) is 0.820. The van der Waals surface area contributed by atoms with E-state index in [-0.39, 0.29) is 11.9 Å². The van der Waals surface area contributed by atoms with Gasteiger partial charge >= 0.3 is 0 Å². The number of amides is 1. The highest BCUT2D eigenvalue weighted by atomic mass is 16.2. The van der Waals surface area contributed by atoms with Gasteiger partial charge in [0, 0.05) is 13.1 Å². The summed E-state index contributed by atoms with van der Waals surface area (Å²) in [6.45, 7) is 6.12. The lowest BCUT2D eigenvalue weighted by atomic mass is 10.00. The first-order valence-electron chi connectivity index (χ1n) is 5.69. The summed E-state index contributed by atoms with van der Waals surface area (Å²) in [4.78, 5) is 13.5. The molecule has 14 heavy (non-hydrogen) atoms. The van der Waals surface area contributed by atoms with Crippen molar-refractivity contribution >= 4 is 5.91 Å². The molecule has 0 saturated carbocycles. The standard InChI is InChI=1S/C11H22N2O/c1-3-4-5-6-10(12)11(14)13-7-9(2)8-13/h9-10H,3-8,12H2,1-2H3. The number of unbranched alkanes of at least 4 members (excludes halogenated alkanes) is 2. The van der Waals surface area contributed by atoms with Crippen molar-refractivity contribution in [1.29, 1.82) is 0 Å². The minimum atomic E-state index is -0.256. The van der Waals surface area contributed by atoms with E-state index in [0.29, 0.717) is 5.92 Å². The van der Waals surface area contributed by atoms with E-state index in [2.05, 4.69) is 13.8 Å². The number of nitrogens with two attached hydrogens (primary N) is 1. The van der Waals surface area contributed by atoms with Gasteiger partial charge in [0.2, 0.25) is 5.91 Å². The minimum Gasteiger partial charge on any atom is -0.341 e. The largest absolute Gasteiger partial charge is 0.341 e. The average Bonchev–Trinajstić information content (AvgIpc) is 2.12. The Hall–Kier alpha value is -0.570. The van der Waals surface area contributed by atoms with Gasteiger partial charge in [0.25, 0.3) is 0 Å². The van der Waals surface area contributed by atoms with Gasteiger partial charge in [-0.2, -0.15) is 0 Å². The lowest BCUT2D eigenvalue weighted by Crippen LogP contribution is -2.54. The predicted octanol–water partition coefficient (Wildman–Crippen LogP) is 1.37. The molecule has 1 aliphatic heterocycles. The molecule has 1 amide bonds. The first kappa shape index (κ1) is 11.5. The third kappa shape index (κ3) is 2.98. The number of hydrogen-bond donors (Lipinski definition) is 1. The van der Waals surface area contributed by atoms with E-state index < -0.39 is 0 Å². The van der Waals surface area contributed by atoms with Crippen LogP contribution in [0.5, 0.6) is 0 Å². The lowest BCUT2D eigenvalue weighted by molar-refractivity contribution is -0.138. The Labute approximate surface area is 86.6 Å². The van der Waals surface area contributed by atoms with Crippen LogP contribution in [0.15, 0.2) is 0 Å². The van der Waals surface area contributed by atoms with Crippen LogP contribution in [0, 0.1) is 5.92 Å². The third-order valence-electron chi connectivity index (χ3n) is 2.81. The molecule has 0 spiro atoms. The number of carbonyl (C=O) groups is 1. The monoisotopic (exact) mass is 198 g/mol. The predicted molar refractivity (Wildman–Crippen MR) is 57.9 cm³/mol. The van der Waals surface area contributed by atoms with Crippen LogP contribution >= 0.6 is 0 Å². The maximum atomic E-state index is 11.7. The summed E-state index contributed by atoms with van der Waals surface area (Å²) < 4.78 is 0. The summed E-state index contributed by atoms with van der Waals surface area (Å²) in [5.41, 5.74) is 5.82. The zero-order valence-electron chi connectivity index (χ0n) is 9.33. The summed E-state index contributed by atoms with van der Waals surface area (Å²) in [5, 5.41) is 0. The smallest absolute Gasteiger partial charge is 0.239 e. The van der Waals surface area contributed by atoms with E-state index in [4.69, 9.17) is 5.73 Å². The van der Waals surface area contributed by atoms with Gasteiger partial charge in [0.05, 0.1) is 6.04 Å². The normalized spacial score (nSPS) is 19.2. The van der Waals surface area contributed by atoms with Crippen molar-refractivity contribution in [3.63, 3.8) is 0 Å². The molecule has 0 aliphatic carbocycles. The summed E-state index contributed by atoms with van der Waals surface area (Å²) in [6.07, 6.45) is 4.28. The Morgan fingerprint density at radius 1 is 1.50 bits per heavy atom. The van der Waals surface area contributed by atoms with Gasteiger partial charge in [-0.15, -0.1) is 0 Å². The molecule has 1 aliphatic rings. The third-order valence-corrected chi connectivity index (χ3v) is 2.81. The van der Waals surface area contributed by atoms with Crippen molar-refractivity contribution in [1.82, 2.24) is 4.90 Å². The van der Waals surface area contributed by atoms with Crippen molar-refractivity contribution in [2.24, 2.45) is 11.7 Å². The maximum absolute atomic E-state index is 11.7. The number of rotatable bonds is 5. The molecule has 0 bridgehead atoms. The lowest BCUT2D eigenvalue weighted by Gasteiger charge is -2.38. The van der Waals surface area contributed by atoms with Crippen molar-refractivity contribution in [2.45, 2.75) is 45.6 Å². The van der Waals surface area contributed by atoms with E-state index in [1.165, 1.54) is 12.8 Å². The van der Waals surface area contributed by atoms with Crippen LogP contribution in [0.1, 0.15) is 39.5 Å². The number of hydrogen-bond acceptors (Lipinski definition) is 2. The summed E-state index contributed by atoms with van der Waals surface area (Å²) >= 11 is 0. The fourth-order valence-electron chi connectivity index (χ4n) is 1.85. The zero-order valence-corrected chi connectivity index (χ0v) is 9.33. The van der Waals surface area contributed by atoms with E-state index in [1.54, 1.807) is 0 Å². The molecule has 0 aromatic heterocycles. The molecule has 0 radical (unpaired) electrons. The van der Waals surface area contributed by atoms with E-state index in [9.17, 15) is 4.79 Å². The molecule has 1 rings (SSSR count). The highest BCUT2D eigenvalue weighted by molar-refractivity contribution is 5.82. The Morgan fingerprint density at radius 2 is 2.14 bits per heavy atom. The maximum Gasteiger partial charge on any atom is 0.239 e. The van der Waals surface area contributed by atoms with E-state index in [1.807, 2.05) is 4.90 Å². The second-order valence-electron chi connectivity index (χ2n) is 4.45. The second kappa shape index (κ2) is 5.35. The average molecular weight is 198 g/mol. The molecular weight excluding hydrogens is 176 g/mol. The molecule has 3 nitrogen and oxygen atoms in total. The van der Waals surface area contributed by atoms with Crippen LogP contribution < -0.4 is 5.73 Å². The van der Waals surface area contributed by atoms with Crippen molar-refractivity contribution in [2.75, 3.05) is 13.1 Å². The van der Waals surface area contributed by atoms with Crippen LogP contribution in [0.25, 0.3) is 0 Å². The van der Waals surface area contributed by atoms with Crippen molar-refractivity contribution in [3.05, 3.63) is 0 Å². The fourth-order valence-corrected chi connectivity index (χ4v) is 1.85. The Balaban J connectivity index is 2.16. The molecule has 1 unspecified atom stereocenters. The van der Waals surface area contributed by atoms with Gasteiger partial charge in [0.1, 0.15) is 0 Å². The molecule has 1 heterocycles. The van der Waals surface area contributed by atoms with Crippen LogP contribution in [0.2, 0.25) is 0 Å². The number of carbonyl (C=O) groups excluding carboxylic acids is 1. The molecule has 82 valence electrons. The first-order chi connectivity index (χ1) is 6.65. The van der Waals surface area contributed by atoms with Crippen LogP contribution in [0.3, 0.4) is 0 Å². The van der Waals surface area contributed by atoms with Gasteiger partial charge in [-0.3, -0.25) is 4.79 Å². The Bertz CT molecular complexity index is 188. The van der Waals surface area contributed by atoms with Crippen LogP contribution in [0.4, 0.5) is 0 Å². The topological polar surface area (TPSA) is 46.3 Å². The molecule has 1 fully saturated rings. The Morgan fingerprint density at radius 3 is 2.64 bits per heavy atom. The number of likely N-dealkylation sites (tertiary alicyclic amines) is 1. The van der Waals surface area contributed by atoms with Gasteiger partial charge in [-0.05, 0) is 12.3 Å². The SMILES string of the molecule is CCCCCC(N)C(=O)N1CC(C)C1.